The second-order valence-electron chi connectivity index (χ2n) is 5.23. The van der Waals surface area contributed by atoms with Crippen molar-refractivity contribution in [3.63, 3.8) is 0 Å². The minimum atomic E-state index is -0.518. The van der Waals surface area contributed by atoms with Gasteiger partial charge in [0.2, 0.25) is 0 Å². The maximum Gasteiger partial charge on any atom is 0.343 e. The molecule has 24 heavy (non-hydrogen) atoms. The zero-order valence-corrected chi connectivity index (χ0v) is 13.4. The van der Waals surface area contributed by atoms with Gasteiger partial charge >= 0.3 is 5.97 Å². The molecular weight excluding hydrogens is 308 g/mol. The van der Waals surface area contributed by atoms with Crippen molar-refractivity contribution in [1.29, 1.82) is 5.41 Å². The highest BCUT2D eigenvalue weighted by molar-refractivity contribution is 5.95. The molecule has 0 atom stereocenters. The van der Waals surface area contributed by atoms with Crippen LogP contribution in [0.1, 0.15) is 20.7 Å². The van der Waals surface area contributed by atoms with E-state index >= 15 is 0 Å². The van der Waals surface area contributed by atoms with Gasteiger partial charge in [0, 0.05) is 25.3 Å². The van der Waals surface area contributed by atoms with Crippen LogP contribution in [0.4, 0.5) is 5.69 Å². The molecule has 0 aliphatic rings. The summed E-state index contributed by atoms with van der Waals surface area (Å²) in [5, 5.41) is 9.76. The summed E-state index contributed by atoms with van der Waals surface area (Å²) in [6.45, 7) is 0. The first-order valence-corrected chi connectivity index (χ1v) is 7.12. The van der Waals surface area contributed by atoms with Crippen LogP contribution in [0.2, 0.25) is 0 Å². The number of amides is 1. The third-order valence-electron chi connectivity index (χ3n) is 3.12. The molecule has 124 valence electrons. The topological polar surface area (TPSA) is 109 Å². The molecule has 7 nitrogen and oxygen atoms in total. The van der Waals surface area contributed by atoms with Gasteiger partial charge in [0.05, 0.1) is 5.56 Å². The normalized spacial score (nSPS) is 9.92. The molecule has 0 aliphatic heterocycles. The number of ether oxygens (including phenoxy) is 1. The van der Waals surface area contributed by atoms with Gasteiger partial charge in [-0.05, 0) is 48.5 Å². The molecule has 0 radical (unpaired) electrons. The molecule has 0 unspecified atom stereocenters. The molecule has 2 aromatic rings. The summed E-state index contributed by atoms with van der Waals surface area (Å²) in [6, 6.07) is 12.7. The van der Waals surface area contributed by atoms with Gasteiger partial charge in [-0.3, -0.25) is 10.2 Å². The highest BCUT2D eigenvalue weighted by Crippen LogP contribution is 2.16. The summed E-state index contributed by atoms with van der Waals surface area (Å²) < 4.78 is 5.27. The van der Waals surface area contributed by atoms with Gasteiger partial charge in [0.1, 0.15) is 5.75 Å². The Morgan fingerprint density at radius 3 is 2.04 bits per heavy atom. The smallest absolute Gasteiger partial charge is 0.343 e. The van der Waals surface area contributed by atoms with Gasteiger partial charge in [-0.1, -0.05) is 0 Å². The maximum atomic E-state index is 12.1. The number of carbonyl (C=O) groups is 2. The maximum absolute atomic E-state index is 12.1. The largest absolute Gasteiger partial charge is 0.423 e. The lowest BCUT2D eigenvalue weighted by molar-refractivity contribution is 0.0734. The van der Waals surface area contributed by atoms with E-state index < -0.39 is 5.97 Å². The summed E-state index contributed by atoms with van der Waals surface area (Å²) in [7, 11) is 3.34. The van der Waals surface area contributed by atoms with Gasteiger partial charge in [0.15, 0.2) is 5.96 Å². The van der Waals surface area contributed by atoms with Crippen molar-refractivity contribution in [2.45, 2.75) is 0 Å². The van der Waals surface area contributed by atoms with E-state index in [1.54, 1.807) is 62.6 Å². The molecule has 0 aliphatic carbocycles. The Kier molecular flexibility index (Phi) is 5.16. The summed E-state index contributed by atoms with van der Waals surface area (Å²) in [5.41, 5.74) is 6.70. The first-order valence-electron chi connectivity index (χ1n) is 7.12. The van der Waals surface area contributed by atoms with Crippen molar-refractivity contribution in [3.05, 3.63) is 59.7 Å². The number of esters is 1. The van der Waals surface area contributed by atoms with E-state index in [1.165, 1.54) is 4.90 Å². The van der Waals surface area contributed by atoms with Crippen molar-refractivity contribution < 1.29 is 14.3 Å². The number of nitrogens with one attached hydrogen (secondary N) is 2. The van der Waals surface area contributed by atoms with Crippen LogP contribution in [0.15, 0.2) is 48.5 Å². The molecule has 0 saturated carbocycles. The molecular formula is C17H18N4O3. The molecule has 1 amide bonds. The Bertz CT molecular complexity index is 752. The van der Waals surface area contributed by atoms with Gasteiger partial charge in [0.25, 0.3) is 5.91 Å². The van der Waals surface area contributed by atoms with Crippen LogP contribution in [-0.2, 0) is 0 Å². The third kappa shape index (κ3) is 4.33. The fourth-order valence-corrected chi connectivity index (χ4v) is 1.93. The van der Waals surface area contributed by atoms with Gasteiger partial charge in [-0.25, -0.2) is 4.79 Å². The van der Waals surface area contributed by atoms with Crippen molar-refractivity contribution in [3.8, 4) is 5.75 Å². The van der Waals surface area contributed by atoms with E-state index in [2.05, 4.69) is 5.32 Å². The summed E-state index contributed by atoms with van der Waals surface area (Å²) >= 11 is 0. The number of hydrogen-bond donors (Lipinski definition) is 3. The molecule has 7 heteroatoms. The Labute approximate surface area is 139 Å². The van der Waals surface area contributed by atoms with Crippen molar-refractivity contribution in [2.75, 3.05) is 19.4 Å². The van der Waals surface area contributed by atoms with Crippen LogP contribution in [0, 0.1) is 5.41 Å². The Morgan fingerprint density at radius 1 is 1.00 bits per heavy atom. The fourth-order valence-electron chi connectivity index (χ4n) is 1.93. The Balaban J connectivity index is 2.04. The highest BCUT2D eigenvalue weighted by atomic mass is 16.5. The average molecular weight is 326 g/mol. The van der Waals surface area contributed by atoms with E-state index in [-0.39, 0.29) is 11.9 Å². The SMILES string of the molecule is CN(C)C(=O)c1ccc(OC(=O)c2ccc(NC(=N)N)cc2)cc1. The summed E-state index contributed by atoms with van der Waals surface area (Å²) in [5.74, 6) is -0.476. The van der Waals surface area contributed by atoms with Crippen LogP contribution in [-0.4, -0.2) is 36.8 Å². The van der Waals surface area contributed by atoms with Gasteiger partial charge in [-0.2, -0.15) is 0 Å². The summed E-state index contributed by atoms with van der Waals surface area (Å²) in [4.78, 5) is 25.4. The first-order chi connectivity index (χ1) is 11.4. The minimum absolute atomic E-state index is 0.124. The molecule has 0 saturated heterocycles. The molecule has 0 bridgehead atoms. The number of anilines is 1. The number of nitrogens with zero attached hydrogens (tertiary/aromatic N) is 1. The van der Waals surface area contributed by atoms with E-state index in [9.17, 15) is 9.59 Å². The zero-order valence-electron chi connectivity index (χ0n) is 13.4. The highest BCUT2D eigenvalue weighted by Gasteiger charge is 2.11. The number of hydrogen-bond acceptors (Lipinski definition) is 4. The quantitative estimate of drug-likeness (QED) is 0.344. The van der Waals surface area contributed by atoms with Crippen molar-refractivity contribution >= 4 is 23.5 Å². The van der Waals surface area contributed by atoms with Crippen LogP contribution in [0.5, 0.6) is 5.75 Å². The van der Waals surface area contributed by atoms with E-state index in [0.29, 0.717) is 22.6 Å². The molecule has 0 aromatic heterocycles. The van der Waals surface area contributed by atoms with Crippen LogP contribution in [0.3, 0.4) is 0 Å². The number of carbonyl (C=O) groups excluding carboxylic acids is 2. The van der Waals surface area contributed by atoms with E-state index in [1.807, 2.05) is 0 Å². The standard InChI is InChI=1S/C17H18N4O3/c1-21(2)15(22)11-5-9-14(10-6-11)24-16(23)12-3-7-13(8-4-12)20-17(18)19/h3-10H,1-2H3,(H4,18,19,20). The van der Waals surface area contributed by atoms with E-state index in [4.69, 9.17) is 15.9 Å². The minimum Gasteiger partial charge on any atom is -0.423 e. The lowest BCUT2D eigenvalue weighted by atomic mass is 10.2. The average Bonchev–Trinajstić information content (AvgIpc) is 2.55. The second-order valence-corrected chi connectivity index (χ2v) is 5.23. The number of rotatable bonds is 4. The van der Waals surface area contributed by atoms with Crippen molar-refractivity contribution in [1.82, 2.24) is 4.90 Å². The third-order valence-corrected chi connectivity index (χ3v) is 3.12. The molecule has 0 spiro atoms. The number of guanidine groups is 1. The summed E-state index contributed by atoms with van der Waals surface area (Å²) in [6.07, 6.45) is 0. The lowest BCUT2D eigenvalue weighted by Crippen LogP contribution is -2.21. The van der Waals surface area contributed by atoms with Gasteiger partial charge < -0.3 is 20.7 Å². The lowest BCUT2D eigenvalue weighted by Gasteiger charge is -2.10. The molecule has 2 aromatic carbocycles. The van der Waals surface area contributed by atoms with Crippen molar-refractivity contribution in [2.24, 2.45) is 5.73 Å². The predicted octanol–water partition coefficient (Wildman–Crippen LogP) is 1.91. The first kappa shape index (κ1) is 17.0. The van der Waals surface area contributed by atoms with Crippen LogP contribution in [0.25, 0.3) is 0 Å². The number of benzene rings is 2. The Morgan fingerprint density at radius 2 is 1.54 bits per heavy atom. The predicted molar refractivity (Wildman–Crippen MR) is 91.4 cm³/mol. The zero-order chi connectivity index (χ0) is 17.7. The molecule has 4 N–H and O–H groups in total. The fraction of sp³-hybridized carbons (Fsp3) is 0.118. The molecule has 0 heterocycles. The molecule has 2 rings (SSSR count). The van der Waals surface area contributed by atoms with Crippen LogP contribution >= 0.6 is 0 Å². The second kappa shape index (κ2) is 7.28. The van der Waals surface area contributed by atoms with E-state index in [0.717, 1.165) is 0 Å². The molecule has 0 fully saturated rings. The Hall–Kier alpha value is -3.35. The van der Waals surface area contributed by atoms with Gasteiger partial charge in [-0.15, -0.1) is 0 Å². The number of nitrogens with two attached hydrogens (primary N) is 1. The van der Waals surface area contributed by atoms with Crippen LogP contribution < -0.4 is 15.8 Å². The monoisotopic (exact) mass is 326 g/mol.